The predicted molar refractivity (Wildman–Crippen MR) is 35.0 cm³/mol. The van der Waals surface area contributed by atoms with Crippen LogP contribution in [0.3, 0.4) is 0 Å². The number of rotatable bonds is 3. The van der Waals surface area contributed by atoms with Crippen LogP contribution in [-0.4, -0.2) is 16.2 Å². The largest absolute Gasteiger partial charge is 0.423 e. The van der Waals surface area contributed by atoms with E-state index in [0.717, 1.165) is 6.04 Å². The minimum absolute atomic E-state index is 0.799. The zero-order valence-corrected chi connectivity index (χ0v) is 6.13. The number of hydrogen-bond donors (Lipinski definition) is 0. The van der Waals surface area contributed by atoms with Gasteiger partial charge in [0, 0.05) is 7.11 Å². The Balaban J connectivity index is 2.98. The van der Waals surface area contributed by atoms with Crippen LogP contribution < -0.4 is 0 Å². The lowest BCUT2D eigenvalue weighted by Gasteiger charge is -2.00. The molecule has 0 aromatic heterocycles. The van der Waals surface area contributed by atoms with Crippen molar-refractivity contribution < 1.29 is 4.43 Å². The molecule has 1 unspecified atom stereocenters. The van der Waals surface area contributed by atoms with Gasteiger partial charge in [0.05, 0.1) is 0 Å². The summed E-state index contributed by atoms with van der Waals surface area (Å²) in [4.78, 5) is 0. The zero-order chi connectivity index (χ0) is 5.70. The smallest absolute Gasteiger partial charge is 0.177 e. The number of allylic oxidation sites excluding steroid dienone is 1. The molecule has 0 aliphatic rings. The Morgan fingerprint density at radius 3 is 2.57 bits per heavy atom. The third-order valence-electron chi connectivity index (χ3n) is 0.901. The van der Waals surface area contributed by atoms with Crippen LogP contribution >= 0.6 is 0 Å². The van der Waals surface area contributed by atoms with Crippen LogP contribution in [0.25, 0.3) is 0 Å². The molecule has 1 atom stereocenters. The van der Waals surface area contributed by atoms with Crippen molar-refractivity contribution in [3.8, 4) is 0 Å². The van der Waals surface area contributed by atoms with Gasteiger partial charge in [0.1, 0.15) is 0 Å². The van der Waals surface area contributed by atoms with Gasteiger partial charge < -0.3 is 4.43 Å². The molecule has 0 fully saturated rings. The first-order valence-corrected chi connectivity index (χ1v) is 4.89. The number of hydrogen-bond acceptors (Lipinski definition) is 1. The van der Waals surface area contributed by atoms with Gasteiger partial charge in [-0.1, -0.05) is 6.08 Å². The fraction of sp³-hybridized carbons (Fsp3) is 0.600. The molecule has 0 saturated heterocycles. The van der Waals surface area contributed by atoms with Crippen molar-refractivity contribution in [3.05, 3.63) is 12.7 Å². The molecule has 0 N–H and O–H groups in total. The SMILES string of the molecule is C=CC[SiH](C)OC. The minimum atomic E-state index is -0.799. The van der Waals surface area contributed by atoms with E-state index in [4.69, 9.17) is 4.43 Å². The lowest BCUT2D eigenvalue weighted by atomic mass is 10.8. The topological polar surface area (TPSA) is 9.23 Å². The molecular weight excluding hydrogens is 104 g/mol. The second-order valence-corrected chi connectivity index (χ2v) is 4.13. The summed E-state index contributed by atoms with van der Waals surface area (Å²) in [7, 11) is 0.965. The summed E-state index contributed by atoms with van der Waals surface area (Å²) in [6, 6.07) is 1.08. The van der Waals surface area contributed by atoms with Gasteiger partial charge in [-0.05, 0) is 12.6 Å². The second-order valence-electron chi connectivity index (χ2n) is 1.57. The average Bonchev–Trinajstić information content (AvgIpc) is 1.68. The lowest BCUT2D eigenvalue weighted by molar-refractivity contribution is 0.427. The Kier molecular flexibility index (Phi) is 4.04. The minimum Gasteiger partial charge on any atom is -0.423 e. The van der Waals surface area contributed by atoms with Crippen LogP contribution in [0.5, 0.6) is 0 Å². The van der Waals surface area contributed by atoms with Crippen molar-refractivity contribution >= 4 is 9.04 Å². The summed E-state index contributed by atoms with van der Waals surface area (Å²) in [5.41, 5.74) is 0. The standard InChI is InChI=1S/C5H12OSi/c1-4-5-7(3)6-2/h4,7H,1,5H2,2-3H3. The van der Waals surface area contributed by atoms with E-state index >= 15 is 0 Å². The molecule has 0 aromatic carbocycles. The van der Waals surface area contributed by atoms with E-state index in [-0.39, 0.29) is 0 Å². The van der Waals surface area contributed by atoms with Gasteiger partial charge in [0.25, 0.3) is 0 Å². The summed E-state index contributed by atoms with van der Waals surface area (Å²) in [6.45, 7) is 5.76. The highest BCUT2D eigenvalue weighted by Crippen LogP contribution is 1.90. The van der Waals surface area contributed by atoms with E-state index in [1.54, 1.807) is 7.11 Å². The molecule has 0 aliphatic carbocycles. The molecule has 0 aliphatic heterocycles. The van der Waals surface area contributed by atoms with Crippen LogP contribution in [0.2, 0.25) is 12.6 Å². The van der Waals surface area contributed by atoms with Gasteiger partial charge in [-0.3, -0.25) is 0 Å². The Morgan fingerprint density at radius 1 is 1.86 bits per heavy atom. The third kappa shape index (κ3) is 3.75. The molecule has 0 aromatic rings. The van der Waals surface area contributed by atoms with Crippen molar-refractivity contribution in [3.63, 3.8) is 0 Å². The lowest BCUT2D eigenvalue weighted by Crippen LogP contribution is -2.06. The molecule has 0 saturated carbocycles. The molecule has 0 bridgehead atoms. The maximum atomic E-state index is 5.06. The fourth-order valence-corrected chi connectivity index (χ4v) is 0.993. The molecule has 1 nitrogen and oxygen atoms in total. The Bertz CT molecular complexity index is 54.0. The van der Waals surface area contributed by atoms with Crippen molar-refractivity contribution in [2.75, 3.05) is 7.11 Å². The Labute approximate surface area is 46.7 Å². The molecule has 0 spiro atoms. The summed E-state index contributed by atoms with van der Waals surface area (Å²) in [5, 5.41) is 0. The zero-order valence-electron chi connectivity index (χ0n) is 4.98. The monoisotopic (exact) mass is 116 g/mol. The first-order chi connectivity index (χ1) is 3.31. The van der Waals surface area contributed by atoms with Gasteiger partial charge in [0.2, 0.25) is 0 Å². The molecule has 7 heavy (non-hydrogen) atoms. The van der Waals surface area contributed by atoms with E-state index in [0.29, 0.717) is 0 Å². The highest BCUT2D eigenvalue weighted by atomic mass is 28.3. The molecule has 42 valence electrons. The van der Waals surface area contributed by atoms with E-state index in [1.165, 1.54) is 0 Å². The average molecular weight is 116 g/mol. The first-order valence-electron chi connectivity index (χ1n) is 2.45. The van der Waals surface area contributed by atoms with E-state index in [1.807, 2.05) is 6.08 Å². The predicted octanol–water partition coefficient (Wildman–Crippen LogP) is 1.17. The molecule has 0 rings (SSSR count). The molecule has 0 amide bonds. The van der Waals surface area contributed by atoms with Gasteiger partial charge in [0.15, 0.2) is 9.04 Å². The summed E-state index contributed by atoms with van der Waals surface area (Å²) >= 11 is 0. The highest BCUT2D eigenvalue weighted by Gasteiger charge is 1.94. The normalized spacial score (nSPS) is 13.4. The van der Waals surface area contributed by atoms with Crippen molar-refractivity contribution in [2.45, 2.75) is 12.6 Å². The van der Waals surface area contributed by atoms with Crippen LogP contribution in [0, 0.1) is 0 Å². The summed E-state index contributed by atoms with van der Waals surface area (Å²) in [5.74, 6) is 0. The Hall–Kier alpha value is -0.0831. The van der Waals surface area contributed by atoms with Crippen molar-refractivity contribution in [1.29, 1.82) is 0 Å². The molecule has 2 heteroatoms. The quantitative estimate of drug-likeness (QED) is 0.397. The first kappa shape index (κ1) is 6.92. The van der Waals surface area contributed by atoms with Crippen LogP contribution in [0.1, 0.15) is 0 Å². The molecular formula is C5H12OSi. The van der Waals surface area contributed by atoms with Gasteiger partial charge >= 0.3 is 0 Å². The van der Waals surface area contributed by atoms with E-state index in [9.17, 15) is 0 Å². The van der Waals surface area contributed by atoms with Crippen LogP contribution in [-0.2, 0) is 4.43 Å². The van der Waals surface area contributed by atoms with Crippen molar-refractivity contribution in [2.24, 2.45) is 0 Å². The summed E-state index contributed by atoms with van der Waals surface area (Å²) < 4.78 is 5.06. The van der Waals surface area contributed by atoms with Crippen molar-refractivity contribution in [1.82, 2.24) is 0 Å². The molecule has 0 radical (unpaired) electrons. The fourth-order valence-electron chi connectivity index (χ4n) is 0.331. The Morgan fingerprint density at radius 2 is 2.43 bits per heavy atom. The third-order valence-corrected chi connectivity index (χ3v) is 2.70. The second kappa shape index (κ2) is 4.09. The highest BCUT2D eigenvalue weighted by molar-refractivity contribution is 6.50. The maximum absolute atomic E-state index is 5.06. The van der Waals surface area contributed by atoms with Gasteiger partial charge in [-0.2, -0.15) is 0 Å². The summed E-state index contributed by atoms with van der Waals surface area (Å²) in [6.07, 6.45) is 1.92. The molecule has 0 heterocycles. The van der Waals surface area contributed by atoms with Crippen LogP contribution in [0.15, 0.2) is 12.7 Å². The van der Waals surface area contributed by atoms with E-state index in [2.05, 4.69) is 13.1 Å². The maximum Gasteiger partial charge on any atom is 0.177 e. The van der Waals surface area contributed by atoms with Crippen LogP contribution in [0.4, 0.5) is 0 Å². The van der Waals surface area contributed by atoms with Gasteiger partial charge in [-0.15, -0.1) is 6.58 Å². The van der Waals surface area contributed by atoms with E-state index < -0.39 is 9.04 Å². The van der Waals surface area contributed by atoms with Gasteiger partial charge in [-0.25, -0.2) is 0 Å².